The van der Waals surface area contributed by atoms with Gasteiger partial charge in [-0.2, -0.15) is 0 Å². The molecule has 1 heterocycles. The van der Waals surface area contributed by atoms with Crippen LogP contribution in [0.2, 0.25) is 0 Å². The number of hydrogen-bond acceptors (Lipinski definition) is 4. The molecule has 0 saturated carbocycles. The minimum atomic E-state index is -0.589. The Morgan fingerprint density at radius 1 is 1.03 bits per heavy atom. The van der Waals surface area contributed by atoms with Crippen molar-refractivity contribution in [3.05, 3.63) is 66.4 Å². The molecule has 0 aliphatic carbocycles. The minimum absolute atomic E-state index is 0.0841. The highest BCUT2D eigenvalue weighted by Gasteiger charge is 2.32. The molecule has 1 aromatic heterocycles. The van der Waals surface area contributed by atoms with Gasteiger partial charge < -0.3 is 19.8 Å². The summed E-state index contributed by atoms with van der Waals surface area (Å²) in [6.45, 7) is 10.1. The lowest BCUT2D eigenvalue weighted by Gasteiger charge is -2.32. The van der Waals surface area contributed by atoms with Crippen molar-refractivity contribution in [2.45, 2.75) is 59.2 Å². The van der Waals surface area contributed by atoms with Crippen LogP contribution in [0.1, 0.15) is 40.2 Å². The van der Waals surface area contributed by atoms with Crippen LogP contribution in [0.15, 0.2) is 60.8 Å². The van der Waals surface area contributed by atoms with Crippen LogP contribution in [0.5, 0.6) is 5.75 Å². The van der Waals surface area contributed by atoms with Crippen LogP contribution >= 0.6 is 0 Å². The van der Waals surface area contributed by atoms with Crippen LogP contribution in [0.4, 0.5) is 0 Å². The van der Waals surface area contributed by atoms with Gasteiger partial charge in [0.05, 0.1) is 11.5 Å². The van der Waals surface area contributed by atoms with Crippen molar-refractivity contribution in [1.29, 1.82) is 0 Å². The van der Waals surface area contributed by atoms with Gasteiger partial charge in [0.2, 0.25) is 0 Å². The molecule has 0 aliphatic rings. The third-order valence-corrected chi connectivity index (χ3v) is 5.12. The van der Waals surface area contributed by atoms with Gasteiger partial charge in [-0.1, -0.05) is 50.2 Å². The lowest BCUT2D eigenvalue weighted by molar-refractivity contribution is -0.162. The van der Waals surface area contributed by atoms with E-state index in [2.05, 4.69) is 36.3 Å². The molecule has 0 aliphatic heterocycles. The normalized spacial score (nSPS) is 13.9. The summed E-state index contributed by atoms with van der Waals surface area (Å²) < 4.78 is 12.2. The maximum Gasteiger partial charge on any atom is 0.311 e. The smallest absolute Gasteiger partial charge is 0.311 e. The summed E-state index contributed by atoms with van der Waals surface area (Å²) >= 11 is 0. The molecule has 5 heteroatoms. The molecule has 5 nitrogen and oxygen atoms in total. The fourth-order valence-electron chi connectivity index (χ4n) is 3.49. The second kappa shape index (κ2) is 10.0. The number of hydrogen-bond donors (Lipinski definition) is 2. The van der Waals surface area contributed by atoms with E-state index in [-0.39, 0.29) is 24.7 Å². The summed E-state index contributed by atoms with van der Waals surface area (Å²) in [6, 6.07) is 18.3. The Balaban J connectivity index is 1.85. The van der Waals surface area contributed by atoms with Crippen LogP contribution in [-0.2, 0) is 16.0 Å². The Bertz CT molecular complexity index is 973. The molecular formula is C26H34N2O3. The Morgan fingerprint density at radius 3 is 2.45 bits per heavy atom. The van der Waals surface area contributed by atoms with Gasteiger partial charge in [0.1, 0.15) is 12.4 Å². The Hall–Kier alpha value is -2.79. The van der Waals surface area contributed by atoms with Crippen LogP contribution in [0.3, 0.4) is 0 Å². The van der Waals surface area contributed by atoms with Gasteiger partial charge in [0.25, 0.3) is 0 Å². The first kappa shape index (κ1) is 22.9. The molecule has 0 spiro atoms. The van der Waals surface area contributed by atoms with Crippen molar-refractivity contribution in [2.75, 3.05) is 6.61 Å². The number of carbonyl (C=O) groups is 1. The van der Waals surface area contributed by atoms with Gasteiger partial charge in [-0.05, 0) is 51.0 Å². The van der Waals surface area contributed by atoms with Crippen molar-refractivity contribution in [2.24, 2.45) is 5.41 Å². The second-order valence-corrected chi connectivity index (χ2v) is 9.32. The van der Waals surface area contributed by atoms with Crippen molar-refractivity contribution in [3.8, 4) is 5.75 Å². The molecule has 2 atom stereocenters. The van der Waals surface area contributed by atoms with E-state index >= 15 is 0 Å². The fraction of sp³-hybridized carbons (Fsp3) is 0.423. The molecule has 0 amide bonds. The molecule has 2 unspecified atom stereocenters. The molecule has 3 aromatic rings. The van der Waals surface area contributed by atoms with E-state index in [0.29, 0.717) is 0 Å². The van der Waals surface area contributed by atoms with Gasteiger partial charge in [-0.15, -0.1) is 0 Å². The molecule has 0 fully saturated rings. The number of aromatic amines is 1. The molecule has 0 bridgehead atoms. The van der Waals surface area contributed by atoms with Crippen molar-refractivity contribution in [3.63, 3.8) is 0 Å². The maximum atomic E-state index is 12.8. The standard InChI is InChI=1S/C26H34N2O3/c1-18(2)28-22(16-19-10-7-6-8-11-19)24(31-25(29)26(3,4)5)17-30-23-13-9-12-21-20(23)14-15-27-21/h6-15,18,22,24,27-28H,16-17H2,1-5H3. The zero-order chi connectivity index (χ0) is 22.4. The van der Waals surface area contributed by atoms with Crippen LogP contribution in [0, 0.1) is 5.41 Å². The summed E-state index contributed by atoms with van der Waals surface area (Å²) in [4.78, 5) is 16.0. The number of fused-ring (bicyclic) bond motifs is 1. The number of nitrogens with one attached hydrogen (secondary N) is 2. The molecular weight excluding hydrogens is 388 g/mol. The summed E-state index contributed by atoms with van der Waals surface area (Å²) in [6.07, 6.45) is 2.19. The van der Waals surface area contributed by atoms with Crippen molar-refractivity contribution >= 4 is 16.9 Å². The van der Waals surface area contributed by atoms with Gasteiger partial charge in [0, 0.05) is 23.1 Å². The summed E-state index contributed by atoms with van der Waals surface area (Å²) in [5.74, 6) is 0.545. The monoisotopic (exact) mass is 422 g/mol. The highest BCUT2D eigenvalue weighted by Crippen LogP contribution is 2.26. The predicted molar refractivity (Wildman–Crippen MR) is 125 cm³/mol. The first-order valence-electron chi connectivity index (χ1n) is 10.9. The maximum absolute atomic E-state index is 12.8. The third-order valence-electron chi connectivity index (χ3n) is 5.12. The second-order valence-electron chi connectivity index (χ2n) is 9.32. The van der Waals surface area contributed by atoms with Crippen molar-refractivity contribution < 1.29 is 14.3 Å². The number of H-pyrrole nitrogens is 1. The Labute approximate surface area is 185 Å². The van der Waals surface area contributed by atoms with Gasteiger partial charge in [-0.3, -0.25) is 4.79 Å². The predicted octanol–water partition coefficient (Wildman–Crippen LogP) is 5.11. The fourth-order valence-corrected chi connectivity index (χ4v) is 3.49. The summed E-state index contributed by atoms with van der Waals surface area (Å²) in [7, 11) is 0. The zero-order valence-electron chi connectivity index (χ0n) is 19.1. The molecule has 2 aromatic carbocycles. The third kappa shape index (κ3) is 6.34. The van der Waals surface area contributed by atoms with Crippen molar-refractivity contribution in [1.82, 2.24) is 10.3 Å². The first-order chi connectivity index (χ1) is 14.7. The lowest BCUT2D eigenvalue weighted by Crippen LogP contribution is -2.50. The van der Waals surface area contributed by atoms with E-state index in [9.17, 15) is 4.79 Å². The summed E-state index contributed by atoms with van der Waals surface area (Å²) in [5, 5.41) is 4.60. The Morgan fingerprint density at radius 2 is 1.77 bits per heavy atom. The lowest BCUT2D eigenvalue weighted by atomic mass is 9.96. The first-order valence-corrected chi connectivity index (χ1v) is 10.9. The molecule has 3 rings (SSSR count). The van der Waals surface area contributed by atoms with E-state index < -0.39 is 11.5 Å². The number of ether oxygens (including phenoxy) is 2. The van der Waals surface area contributed by atoms with E-state index in [0.717, 1.165) is 23.1 Å². The van der Waals surface area contributed by atoms with Gasteiger partial charge in [0.15, 0.2) is 6.10 Å². The van der Waals surface area contributed by atoms with Crippen LogP contribution in [-0.4, -0.2) is 35.7 Å². The number of rotatable bonds is 9. The Kier molecular flexibility index (Phi) is 7.39. The number of aromatic nitrogens is 1. The highest BCUT2D eigenvalue weighted by atomic mass is 16.6. The zero-order valence-corrected chi connectivity index (χ0v) is 19.1. The SMILES string of the molecule is CC(C)NC(Cc1ccccc1)C(COc1cccc2[nH]ccc12)OC(=O)C(C)(C)C. The number of esters is 1. The van der Waals surface area contributed by atoms with E-state index in [1.807, 2.05) is 69.4 Å². The molecule has 2 N–H and O–H groups in total. The van der Waals surface area contributed by atoms with Crippen LogP contribution < -0.4 is 10.1 Å². The molecule has 0 radical (unpaired) electrons. The number of carbonyl (C=O) groups excluding carboxylic acids is 1. The van der Waals surface area contributed by atoms with Crippen LogP contribution in [0.25, 0.3) is 10.9 Å². The topological polar surface area (TPSA) is 63.4 Å². The van der Waals surface area contributed by atoms with E-state index in [4.69, 9.17) is 9.47 Å². The van der Waals surface area contributed by atoms with Gasteiger partial charge >= 0.3 is 5.97 Å². The van der Waals surface area contributed by atoms with E-state index in [1.54, 1.807) is 0 Å². The molecule has 31 heavy (non-hydrogen) atoms. The summed E-state index contributed by atoms with van der Waals surface area (Å²) in [5.41, 5.74) is 1.61. The van der Waals surface area contributed by atoms with Gasteiger partial charge in [-0.25, -0.2) is 0 Å². The minimum Gasteiger partial charge on any atom is -0.489 e. The average Bonchev–Trinajstić information content (AvgIpc) is 3.19. The molecule has 0 saturated heterocycles. The largest absolute Gasteiger partial charge is 0.489 e. The average molecular weight is 423 g/mol. The quantitative estimate of drug-likeness (QED) is 0.470. The molecule has 166 valence electrons. The highest BCUT2D eigenvalue weighted by molar-refractivity contribution is 5.85. The van der Waals surface area contributed by atoms with E-state index in [1.165, 1.54) is 5.56 Å². The number of benzene rings is 2.